The molecule has 0 radical (unpaired) electrons. The molecule has 0 aromatic heterocycles. The molecule has 0 spiro atoms. The van der Waals surface area contributed by atoms with Crippen molar-refractivity contribution >= 4 is 12.2 Å². The van der Waals surface area contributed by atoms with Crippen LogP contribution in [-0.4, -0.2) is 18.2 Å². The monoisotopic (exact) mass is 219 g/mol. The minimum Gasteiger partial charge on any atom is -0.342 e. The fourth-order valence-corrected chi connectivity index (χ4v) is 1.30. The van der Waals surface area contributed by atoms with E-state index in [1.54, 1.807) is 12.1 Å². The van der Waals surface area contributed by atoms with Crippen LogP contribution in [0.5, 0.6) is 0 Å². The number of nitrogens with one attached hydrogen (secondary N) is 1. The molecule has 86 valence electrons. The normalized spacial score (nSPS) is 12.2. The summed E-state index contributed by atoms with van der Waals surface area (Å²) in [6.45, 7) is 5.76. The van der Waals surface area contributed by atoms with Crippen molar-refractivity contribution in [3.05, 3.63) is 35.4 Å². The molecule has 0 unspecified atom stereocenters. The maximum Gasteiger partial charge on any atom is 0.251 e. The van der Waals surface area contributed by atoms with Crippen LogP contribution < -0.4 is 5.32 Å². The number of aldehydes is 1. The zero-order valence-corrected chi connectivity index (χ0v) is 9.86. The molecule has 1 aromatic rings. The molecule has 16 heavy (non-hydrogen) atoms. The van der Waals surface area contributed by atoms with Crippen LogP contribution in [0.4, 0.5) is 0 Å². The van der Waals surface area contributed by atoms with E-state index in [4.69, 9.17) is 0 Å². The summed E-state index contributed by atoms with van der Waals surface area (Å²) in [6, 6.07) is 6.84. The molecule has 0 aliphatic heterocycles. The van der Waals surface area contributed by atoms with E-state index >= 15 is 0 Å². The van der Waals surface area contributed by atoms with Gasteiger partial charge in [0.05, 0.1) is 6.04 Å². The topological polar surface area (TPSA) is 46.2 Å². The average molecular weight is 219 g/mol. The first-order valence-corrected chi connectivity index (χ1v) is 5.37. The van der Waals surface area contributed by atoms with Gasteiger partial charge in [0.15, 0.2) is 0 Å². The molecule has 1 aromatic carbocycles. The molecule has 3 nitrogen and oxygen atoms in total. The highest BCUT2D eigenvalue weighted by Crippen LogP contribution is 2.05. The van der Waals surface area contributed by atoms with Gasteiger partial charge in [0.1, 0.15) is 6.29 Å². The highest BCUT2D eigenvalue weighted by Gasteiger charge is 2.15. The van der Waals surface area contributed by atoms with Gasteiger partial charge in [0, 0.05) is 5.56 Å². The van der Waals surface area contributed by atoms with Crippen molar-refractivity contribution in [1.82, 2.24) is 5.32 Å². The van der Waals surface area contributed by atoms with Gasteiger partial charge in [0.25, 0.3) is 5.91 Å². The van der Waals surface area contributed by atoms with Crippen molar-refractivity contribution in [2.45, 2.75) is 26.8 Å². The summed E-state index contributed by atoms with van der Waals surface area (Å²) >= 11 is 0. The van der Waals surface area contributed by atoms with E-state index < -0.39 is 6.04 Å². The van der Waals surface area contributed by atoms with Crippen molar-refractivity contribution < 1.29 is 9.59 Å². The van der Waals surface area contributed by atoms with Crippen molar-refractivity contribution in [3.8, 4) is 0 Å². The fourth-order valence-electron chi connectivity index (χ4n) is 1.30. The lowest BCUT2D eigenvalue weighted by Gasteiger charge is -2.16. The summed E-state index contributed by atoms with van der Waals surface area (Å²) < 4.78 is 0. The molecular formula is C13H17NO2. The van der Waals surface area contributed by atoms with E-state index in [2.05, 4.69) is 5.32 Å². The molecule has 1 rings (SSSR count). The third-order valence-electron chi connectivity index (χ3n) is 2.48. The quantitative estimate of drug-likeness (QED) is 0.787. The first kappa shape index (κ1) is 12.4. The molecule has 3 heteroatoms. The van der Waals surface area contributed by atoms with Gasteiger partial charge < -0.3 is 10.1 Å². The van der Waals surface area contributed by atoms with Crippen molar-refractivity contribution in [3.63, 3.8) is 0 Å². The van der Waals surface area contributed by atoms with E-state index in [-0.39, 0.29) is 11.8 Å². The number of carbonyl (C=O) groups excluding carboxylic acids is 2. The molecule has 0 fully saturated rings. The first-order chi connectivity index (χ1) is 7.54. The Balaban J connectivity index is 2.71. The Bertz CT molecular complexity index is 368. The lowest BCUT2D eigenvalue weighted by atomic mass is 10.1. The Morgan fingerprint density at radius 3 is 2.25 bits per heavy atom. The van der Waals surface area contributed by atoms with E-state index in [0.29, 0.717) is 5.56 Å². The summed E-state index contributed by atoms with van der Waals surface area (Å²) in [6.07, 6.45) is 0.775. The summed E-state index contributed by atoms with van der Waals surface area (Å²) in [5.74, 6) is -0.0994. The highest BCUT2D eigenvalue weighted by atomic mass is 16.2. The van der Waals surface area contributed by atoms with Crippen LogP contribution in [0.25, 0.3) is 0 Å². The molecule has 1 N–H and O–H groups in total. The Kier molecular flexibility index (Phi) is 4.23. The molecule has 0 aliphatic rings. The maximum atomic E-state index is 11.8. The molecule has 0 saturated heterocycles. The zero-order chi connectivity index (χ0) is 12.1. The first-order valence-electron chi connectivity index (χ1n) is 5.37. The van der Waals surface area contributed by atoms with Crippen molar-refractivity contribution in [1.29, 1.82) is 0 Å². The summed E-state index contributed by atoms with van der Waals surface area (Å²) in [7, 11) is 0. The predicted octanol–water partition coefficient (Wildman–Crippen LogP) is 1.95. The van der Waals surface area contributed by atoms with E-state index in [9.17, 15) is 9.59 Å². The van der Waals surface area contributed by atoms with Crippen molar-refractivity contribution in [2.24, 2.45) is 5.92 Å². The van der Waals surface area contributed by atoms with Gasteiger partial charge in [-0.3, -0.25) is 4.79 Å². The molecule has 1 amide bonds. The average Bonchev–Trinajstić information content (AvgIpc) is 2.26. The van der Waals surface area contributed by atoms with Crippen LogP contribution in [-0.2, 0) is 4.79 Å². The Labute approximate surface area is 95.9 Å². The minimum atomic E-state index is -0.422. The van der Waals surface area contributed by atoms with Gasteiger partial charge in [0.2, 0.25) is 0 Å². The van der Waals surface area contributed by atoms with Crippen LogP contribution in [0.1, 0.15) is 29.8 Å². The lowest BCUT2D eigenvalue weighted by molar-refractivity contribution is -0.110. The minimum absolute atomic E-state index is 0.104. The Hall–Kier alpha value is -1.64. The van der Waals surface area contributed by atoms with Crippen LogP contribution in [0.3, 0.4) is 0 Å². The molecule has 0 saturated carbocycles. The maximum absolute atomic E-state index is 11.8. The van der Waals surface area contributed by atoms with E-state index in [0.717, 1.165) is 11.8 Å². The molecule has 0 heterocycles. The molecular weight excluding hydrogens is 202 g/mol. The van der Waals surface area contributed by atoms with Crippen LogP contribution >= 0.6 is 0 Å². The highest BCUT2D eigenvalue weighted by molar-refractivity contribution is 5.95. The zero-order valence-electron chi connectivity index (χ0n) is 9.86. The van der Waals surface area contributed by atoms with E-state index in [1.165, 1.54) is 0 Å². The van der Waals surface area contributed by atoms with Gasteiger partial charge >= 0.3 is 0 Å². The third-order valence-corrected chi connectivity index (χ3v) is 2.48. The summed E-state index contributed by atoms with van der Waals surface area (Å²) in [4.78, 5) is 22.5. The fraction of sp³-hybridized carbons (Fsp3) is 0.385. The summed E-state index contributed by atoms with van der Waals surface area (Å²) in [5, 5.41) is 2.69. The smallest absolute Gasteiger partial charge is 0.251 e. The molecule has 0 aliphatic carbocycles. The molecule has 1 atom stereocenters. The molecule has 0 bridgehead atoms. The van der Waals surface area contributed by atoms with E-state index in [1.807, 2.05) is 32.9 Å². The van der Waals surface area contributed by atoms with Gasteiger partial charge in [-0.15, -0.1) is 0 Å². The van der Waals surface area contributed by atoms with Crippen LogP contribution in [0, 0.1) is 12.8 Å². The number of aryl methyl sites for hydroxylation is 1. The number of rotatable bonds is 4. The Morgan fingerprint density at radius 1 is 1.25 bits per heavy atom. The van der Waals surface area contributed by atoms with Gasteiger partial charge in [-0.1, -0.05) is 31.5 Å². The number of hydrogen-bond acceptors (Lipinski definition) is 2. The third kappa shape index (κ3) is 3.19. The second kappa shape index (κ2) is 5.45. The number of hydrogen-bond donors (Lipinski definition) is 1. The summed E-state index contributed by atoms with van der Waals surface area (Å²) in [5.41, 5.74) is 1.69. The van der Waals surface area contributed by atoms with Gasteiger partial charge in [-0.05, 0) is 25.0 Å². The number of carbonyl (C=O) groups is 2. The number of amides is 1. The lowest BCUT2D eigenvalue weighted by Crippen LogP contribution is -2.39. The largest absolute Gasteiger partial charge is 0.342 e. The second-order valence-corrected chi connectivity index (χ2v) is 4.25. The standard InChI is InChI=1S/C13H17NO2/c1-9(2)12(8-15)14-13(16)11-6-4-10(3)5-7-11/h4-9,12H,1-3H3,(H,14,16)/t12-/m0/s1. The van der Waals surface area contributed by atoms with Crippen LogP contribution in [0.2, 0.25) is 0 Å². The number of benzene rings is 1. The predicted molar refractivity (Wildman–Crippen MR) is 63.3 cm³/mol. The second-order valence-electron chi connectivity index (χ2n) is 4.25. The SMILES string of the molecule is Cc1ccc(C(=O)N[C@@H](C=O)C(C)C)cc1. The van der Waals surface area contributed by atoms with Gasteiger partial charge in [-0.2, -0.15) is 0 Å². The Morgan fingerprint density at radius 2 is 1.81 bits per heavy atom. The van der Waals surface area contributed by atoms with Crippen LogP contribution in [0.15, 0.2) is 24.3 Å². The van der Waals surface area contributed by atoms with Crippen molar-refractivity contribution in [2.75, 3.05) is 0 Å². The van der Waals surface area contributed by atoms with Gasteiger partial charge in [-0.25, -0.2) is 0 Å².